The molecule has 0 amide bonds. The van der Waals surface area contributed by atoms with E-state index in [0.717, 1.165) is 28.1 Å². The summed E-state index contributed by atoms with van der Waals surface area (Å²) >= 11 is 1.94. The number of hydrogen-bond acceptors (Lipinski definition) is 5. The highest BCUT2D eigenvalue weighted by Crippen LogP contribution is 2.31. The topological polar surface area (TPSA) is 64.9 Å². The number of anilines is 1. The zero-order chi connectivity index (χ0) is 13.1. The van der Waals surface area contributed by atoms with Gasteiger partial charge >= 0.3 is 0 Å². The second kappa shape index (κ2) is 5.65. The number of thioether (sulfide) groups is 1. The molecule has 2 N–H and O–H groups in total. The molecule has 0 unspecified atom stereocenters. The van der Waals surface area contributed by atoms with Crippen molar-refractivity contribution in [1.82, 2.24) is 10.1 Å². The van der Waals surface area contributed by atoms with Crippen LogP contribution in [-0.4, -0.2) is 15.4 Å². The fourth-order valence-corrected chi connectivity index (χ4v) is 3.47. The molecule has 1 saturated carbocycles. The van der Waals surface area contributed by atoms with E-state index in [1.807, 2.05) is 36.0 Å². The Labute approximate surface area is 116 Å². The Hall–Kier alpha value is -1.49. The molecule has 1 aliphatic carbocycles. The molecule has 0 atom stereocenters. The molecule has 1 heterocycles. The maximum atomic E-state index is 5.66. The first kappa shape index (κ1) is 12.5. The normalized spacial score (nSPS) is 16.0. The molecule has 0 radical (unpaired) electrons. The highest BCUT2D eigenvalue weighted by Gasteiger charge is 2.17. The quantitative estimate of drug-likeness (QED) is 0.865. The van der Waals surface area contributed by atoms with Crippen LogP contribution in [0.3, 0.4) is 0 Å². The zero-order valence-electron chi connectivity index (χ0n) is 10.7. The van der Waals surface area contributed by atoms with Gasteiger partial charge in [0.15, 0.2) is 5.82 Å². The summed E-state index contributed by atoms with van der Waals surface area (Å²) in [5, 5.41) is 4.81. The van der Waals surface area contributed by atoms with Gasteiger partial charge < -0.3 is 10.3 Å². The summed E-state index contributed by atoms with van der Waals surface area (Å²) in [5.41, 5.74) is 7.31. The van der Waals surface area contributed by atoms with Crippen LogP contribution in [0.2, 0.25) is 0 Å². The summed E-state index contributed by atoms with van der Waals surface area (Å²) in [6, 6.07) is 7.48. The first-order valence-electron chi connectivity index (χ1n) is 6.61. The second-order valence-electron chi connectivity index (χ2n) is 4.86. The maximum Gasteiger partial charge on any atom is 0.257 e. The van der Waals surface area contributed by atoms with Crippen LogP contribution >= 0.6 is 11.8 Å². The van der Waals surface area contributed by atoms with Gasteiger partial charge in [-0.2, -0.15) is 16.7 Å². The second-order valence-corrected chi connectivity index (χ2v) is 6.14. The van der Waals surface area contributed by atoms with Crippen LogP contribution in [0.15, 0.2) is 28.8 Å². The van der Waals surface area contributed by atoms with E-state index in [9.17, 15) is 0 Å². The molecule has 2 aromatic rings. The number of benzene rings is 1. The van der Waals surface area contributed by atoms with Crippen molar-refractivity contribution in [2.45, 2.75) is 36.7 Å². The Kier molecular flexibility index (Phi) is 3.73. The summed E-state index contributed by atoms with van der Waals surface area (Å²) in [4.78, 5) is 4.43. The van der Waals surface area contributed by atoms with Crippen LogP contribution in [0.1, 0.15) is 31.5 Å². The van der Waals surface area contributed by atoms with E-state index in [1.54, 1.807) is 0 Å². The van der Waals surface area contributed by atoms with E-state index in [-0.39, 0.29) is 0 Å². The molecular weight excluding hydrogens is 258 g/mol. The van der Waals surface area contributed by atoms with Crippen LogP contribution in [0.25, 0.3) is 11.5 Å². The molecule has 1 fully saturated rings. The lowest BCUT2D eigenvalue weighted by molar-refractivity contribution is 0.425. The minimum Gasteiger partial charge on any atom is -0.399 e. The average molecular weight is 275 g/mol. The van der Waals surface area contributed by atoms with Crippen molar-refractivity contribution in [3.63, 3.8) is 0 Å². The predicted molar refractivity (Wildman–Crippen MR) is 77.7 cm³/mol. The van der Waals surface area contributed by atoms with Gasteiger partial charge in [0.25, 0.3) is 5.89 Å². The van der Waals surface area contributed by atoms with Crippen molar-refractivity contribution in [1.29, 1.82) is 0 Å². The maximum absolute atomic E-state index is 5.66. The molecule has 5 heteroatoms. The van der Waals surface area contributed by atoms with Gasteiger partial charge in [-0.3, -0.25) is 0 Å². The molecular formula is C14H17N3OS. The Morgan fingerprint density at radius 2 is 1.95 bits per heavy atom. The third kappa shape index (κ3) is 3.10. The van der Waals surface area contributed by atoms with Crippen molar-refractivity contribution >= 4 is 17.4 Å². The largest absolute Gasteiger partial charge is 0.399 e. The van der Waals surface area contributed by atoms with Gasteiger partial charge in [0.05, 0.1) is 5.75 Å². The van der Waals surface area contributed by atoms with Crippen molar-refractivity contribution < 1.29 is 4.52 Å². The summed E-state index contributed by atoms with van der Waals surface area (Å²) in [7, 11) is 0. The van der Waals surface area contributed by atoms with Gasteiger partial charge in [0, 0.05) is 16.5 Å². The molecule has 100 valence electrons. The SMILES string of the molecule is Nc1ccc(-c2nc(CSC3CCCC3)no2)cc1. The number of aromatic nitrogens is 2. The zero-order valence-corrected chi connectivity index (χ0v) is 11.5. The number of rotatable bonds is 4. The van der Waals surface area contributed by atoms with Crippen LogP contribution in [-0.2, 0) is 5.75 Å². The molecule has 0 bridgehead atoms. The van der Waals surface area contributed by atoms with Crippen molar-refractivity contribution in [3.8, 4) is 11.5 Å². The lowest BCUT2D eigenvalue weighted by Crippen LogP contribution is -1.95. The molecule has 0 saturated heterocycles. The Morgan fingerprint density at radius 3 is 2.68 bits per heavy atom. The summed E-state index contributed by atoms with van der Waals surface area (Å²) in [5.74, 6) is 2.19. The van der Waals surface area contributed by atoms with E-state index < -0.39 is 0 Å². The summed E-state index contributed by atoms with van der Waals surface area (Å²) in [6.07, 6.45) is 5.38. The third-order valence-corrected chi connectivity index (χ3v) is 4.74. The van der Waals surface area contributed by atoms with Crippen LogP contribution < -0.4 is 5.73 Å². The van der Waals surface area contributed by atoms with Crippen LogP contribution in [0.4, 0.5) is 5.69 Å². The number of nitrogen functional groups attached to an aromatic ring is 1. The number of nitrogens with zero attached hydrogens (tertiary/aromatic N) is 2. The van der Waals surface area contributed by atoms with Crippen molar-refractivity contribution in [3.05, 3.63) is 30.1 Å². The van der Waals surface area contributed by atoms with E-state index in [1.165, 1.54) is 25.7 Å². The highest BCUT2D eigenvalue weighted by molar-refractivity contribution is 7.99. The number of hydrogen-bond donors (Lipinski definition) is 1. The van der Waals surface area contributed by atoms with E-state index in [2.05, 4.69) is 10.1 Å². The Balaban J connectivity index is 1.63. The Morgan fingerprint density at radius 1 is 1.21 bits per heavy atom. The average Bonchev–Trinajstić information content (AvgIpc) is 3.09. The van der Waals surface area contributed by atoms with Crippen LogP contribution in [0.5, 0.6) is 0 Å². The van der Waals surface area contributed by atoms with Gasteiger partial charge in [-0.1, -0.05) is 18.0 Å². The molecule has 1 aromatic carbocycles. The lowest BCUT2D eigenvalue weighted by Gasteiger charge is -2.04. The Bertz CT molecular complexity index is 532. The fourth-order valence-electron chi connectivity index (χ4n) is 2.30. The molecule has 3 rings (SSSR count). The highest BCUT2D eigenvalue weighted by atomic mass is 32.2. The predicted octanol–water partition coefficient (Wildman–Crippen LogP) is 3.49. The minimum absolute atomic E-state index is 0.571. The third-order valence-electron chi connectivity index (χ3n) is 3.38. The lowest BCUT2D eigenvalue weighted by atomic mass is 10.2. The fraction of sp³-hybridized carbons (Fsp3) is 0.429. The van der Waals surface area contributed by atoms with Gasteiger partial charge in [0.1, 0.15) is 0 Å². The van der Waals surface area contributed by atoms with Crippen molar-refractivity contribution in [2.24, 2.45) is 0 Å². The van der Waals surface area contributed by atoms with Crippen molar-refractivity contribution in [2.75, 3.05) is 5.73 Å². The van der Waals surface area contributed by atoms with Gasteiger partial charge in [0.2, 0.25) is 0 Å². The van der Waals surface area contributed by atoms with E-state index in [0.29, 0.717) is 5.89 Å². The van der Waals surface area contributed by atoms with Gasteiger partial charge in [-0.25, -0.2) is 0 Å². The van der Waals surface area contributed by atoms with Gasteiger partial charge in [-0.05, 0) is 37.1 Å². The molecule has 1 aliphatic rings. The number of nitrogens with two attached hydrogens (primary N) is 1. The first-order chi connectivity index (χ1) is 9.31. The molecule has 0 aliphatic heterocycles. The standard InChI is InChI=1S/C14H17N3OS/c15-11-7-5-10(6-8-11)14-16-13(17-18-14)9-19-12-3-1-2-4-12/h5-8,12H,1-4,9,15H2. The van der Waals surface area contributed by atoms with Crippen LogP contribution in [0, 0.1) is 0 Å². The summed E-state index contributed by atoms with van der Waals surface area (Å²) < 4.78 is 5.29. The van der Waals surface area contributed by atoms with Gasteiger partial charge in [-0.15, -0.1) is 0 Å². The first-order valence-corrected chi connectivity index (χ1v) is 7.66. The van der Waals surface area contributed by atoms with E-state index >= 15 is 0 Å². The molecule has 1 aromatic heterocycles. The molecule has 19 heavy (non-hydrogen) atoms. The monoisotopic (exact) mass is 275 g/mol. The molecule has 0 spiro atoms. The van der Waals surface area contributed by atoms with E-state index in [4.69, 9.17) is 10.3 Å². The minimum atomic E-state index is 0.571. The molecule has 4 nitrogen and oxygen atoms in total. The summed E-state index contributed by atoms with van der Waals surface area (Å²) in [6.45, 7) is 0. The smallest absolute Gasteiger partial charge is 0.257 e.